The molecule has 0 spiro atoms. The van der Waals surface area contributed by atoms with Crippen molar-refractivity contribution in [1.29, 1.82) is 0 Å². The molecule has 2 amide bonds. The summed E-state index contributed by atoms with van der Waals surface area (Å²) in [5.74, 6) is -0.512. The van der Waals surface area contributed by atoms with Crippen LogP contribution in [0.2, 0.25) is 10.0 Å². The molecule has 8 heteroatoms. The number of nitrogens with zero attached hydrogens (tertiary/aromatic N) is 1. The molecule has 1 fully saturated rings. The molecule has 0 unspecified atom stereocenters. The lowest BCUT2D eigenvalue weighted by Crippen LogP contribution is -2.29. The summed E-state index contributed by atoms with van der Waals surface area (Å²) in [7, 11) is 0. The zero-order valence-corrected chi connectivity index (χ0v) is 19.1. The molecule has 0 aromatic heterocycles. The summed E-state index contributed by atoms with van der Waals surface area (Å²) in [6.45, 7) is 5.56. The summed E-state index contributed by atoms with van der Waals surface area (Å²) < 4.78 is 5.32. The van der Waals surface area contributed by atoms with E-state index in [1.54, 1.807) is 24.3 Å². The summed E-state index contributed by atoms with van der Waals surface area (Å²) in [6, 6.07) is 10.1. The molecule has 1 saturated heterocycles. The first-order chi connectivity index (χ1) is 15.0. The largest absolute Gasteiger partial charge is 0.382 e. The van der Waals surface area contributed by atoms with Gasteiger partial charge in [0.2, 0.25) is 0 Å². The average Bonchev–Trinajstić information content (AvgIpc) is 3.27. The molecule has 2 aromatic carbocycles. The minimum atomic E-state index is -0.346. The standard InChI is InChI=1S/C23H27Cl2N3O3/c1-2-31-11-5-8-26-23(30)20-15-19(6-7-21(20)28-9-3-4-10-28)27-22(29)16-12-17(24)14-18(25)13-16/h6-7,12-15H,2-5,8-11H2,1H3,(H,26,30)(H,27,29). The molecule has 3 rings (SSSR count). The molecule has 1 aliphatic heterocycles. The first kappa shape index (κ1) is 23.4. The van der Waals surface area contributed by atoms with Crippen molar-refractivity contribution < 1.29 is 14.3 Å². The third kappa shape index (κ3) is 6.60. The van der Waals surface area contributed by atoms with Gasteiger partial charge in [0, 0.05) is 59.8 Å². The summed E-state index contributed by atoms with van der Waals surface area (Å²) in [5.41, 5.74) is 2.30. The molecule has 2 aromatic rings. The predicted molar refractivity (Wildman–Crippen MR) is 126 cm³/mol. The summed E-state index contributed by atoms with van der Waals surface area (Å²) in [5, 5.41) is 6.56. The highest BCUT2D eigenvalue weighted by Gasteiger charge is 2.20. The van der Waals surface area contributed by atoms with E-state index in [1.165, 1.54) is 0 Å². The quantitative estimate of drug-likeness (QED) is 0.513. The van der Waals surface area contributed by atoms with E-state index in [1.807, 2.05) is 19.1 Å². The van der Waals surface area contributed by atoms with E-state index in [0.717, 1.165) is 38.0 Å². The molecule has 2 N–H and O–H groups in total. The number of rotatable bonds is 9. The highest BCUT2D eigenvalue weighted by molar-refractivity contribution is 6.35. The van der Waals surface area contributed by atoms with Crippen LogP contribution in [0.5, 0.6) is 0 Å². The number of benzene rings is 2. The summed E-state index contributed by atoms with van der Waals surface area (Å²) >= 11 is 12.0. The van der Waals surface area contributed by atoms with Crippen molar-refractivity contribution in [3.05, 3.63) is 57.6 Å². The first-order valence-electron chi connectivity index (χ1n) is 10.5. The Morgan fingerprint density at radius 2 is 1.74 bits per heavy atom. The molecule has 6 nitrogen and oxygen atoms in total. The zero-order valence-electron chi connectivity index (χ0n) is 17.5. The number of carbonyl (C=O) groups is 2. The fourth-order valence-corrected chi connectivity index (χ4v) is 4.06. The van der Waals surface area contributed by atoms with Crippen molar-refractivity contribution in [3.8, 4) is 0 Å². The Hall–Kier alpha value is -2.28. The second kappa shape index (κ2) is 11.4. The maximum atomic E-state index is 12.9. The van der Waals surface area contributed by atoms with Gasteiger partial charge in [0.15, 0.2) is 0 Å². The van der Waals surface area contributed by atoms with E-state index in [0.29, 0.717) is 46.6 Å². The Morgan fingerprint density at radius 1 is 1.03 bits per heavy atom. The van der Waals surface area contributed by atoms with Crippen molar-refractivity contribution in [3.63, 3.8) is 0 Å². The van der Waals surface area contributed by atoms with Crippen LogP contribution in [-0.4, -0.2) is 44.7 Å². The molecule has 31 heavy (non-hydrogen) atoms. The highest BCUT2D eigenvalue weighted by atomic mass is 35.5. The van der Waals surface area contributed by atoms with Gasteiger partial charge < -0.3 is 20.3 Å². The van der Waals surface area contributed by atoms with Crippen LogP contribution < -0.4 is 15.5 Å². The molecular weight excluding hydrogens is 437 g/mol. The molecule has 0 radical (unpaired) electrons. The number of anilines is 2. The minimum Gasteiger partial charge on any atom is -0.382 e. The van der Waals surface area contributed by atoms with Gasteiger partial charge in [0.1, 0.15) is 0 Å². The number of nitrogens with one attached hydrogen (secondary N) is 2. The zero-order chi connectivity index (χ0) is 22.2. The lowest BCUT2D eigenvalue weighted by Gasteiger charge is -2.22. The van der Waals surface area contributed by atoms with Gasteiger partial charge in [-0.15, -0.1) is 0 Å². The smallest absolute Gasteiger partial charge is 0.255 e. The van der Waals surface area contributed by atoms with Gasteiger partial charge in [-0.2, -0.15) is 0 Å². The normalized spacial score (nSPS) is 13.3. The van der Waals surface area contributed by atoms with Gasteiger partial charge in [0.25, 0.3) is 11.8 Å². The molecule has 1 heterocycles. The Balaban J connectivity index is 1.77. The highest BCUT2D eigenvalue weighted by Crippen LogP contribution is 2.28. The molecule has 166 valence electrons. The Morgan fingerprint density at radius 3 is 2.42 bits per heavy atom. The average molecular weight is 464 g/mol. The van der Waals surface area contributed by atoms with Gasteiger partial charge in [-0.1, -0.05) is 23.2 Å². The van der Waals surface area contributed by atoms with Crippen LogP contribution in [0.15, 0.2) is 36.4 Å². The number of hydrogen-bond donors (Lipinski definition) is 2. The number of halogens is 2. The van der Waals surface area contributed by atoms with Crippen LogP contribution in [0.4, 0.5) is 11.4 Å². The van der Waals surface area contributed by atoms with Gasteiger partial charge in [0.05, 0.1) is 5.56 Å². The van der Waals surface area contributed by atoms with Crippen LogP contribution >= 0.6 is 23.2 Å². The maximum Gasteiger partial charge on any atom is 0.255 e. The molecule has 0 saturated carbocycles. The van der Waals surface area contributed by atoms with E-state index >= 15 is 0 Å². The Bertz CT molecular complexity index is 910. The lowest BCUT2D eigenvalue weighted by molar-refractivity contribution is 0.0943. The maximum absolute atomic E-state index is 12.9. The van der Waals surface area contributed by atoms with Crippen LogP contribution in [0, 0.1) is 0 Å². The van der Waals surface area contributed by atoms with Crippen LogP contribution in [0.3, 0.4) is 0 Å². The van der Waals surface area contributed by atoms with Gasteiger partial charge in [-0.3, -0.25) is 9.59 Å². The van der Waals surface area contributed by atoms with Crippen LogP contribution in [0.1, 0.15) is 46.9 Å². The molecule has 1 aliphatic rings. The van der Waals surface area contributed by atoms with Gasteiger partial charge in [-0.05, 0) is 62.6 Å². The number of ether oxygens (including phenoxy) is 1. The van der Waals surface area contributed by atoms with Crippen molar-refractivity contribution in [2.75, 3.05) is 43.1 Å². The summed E-state index contributed by atoms with van der Waals surface area (Å²) in [4.78, 5) is 27.8. The van der Waals surface area contributed by atoms with Crippen LogP contribution in [-0.2, 0) is 4.74 Å². The molecular formula is C23H27Cl2N3O3. The molecule has 0 bridgehead atoms. The predicted octanol–water partition coefficient (Wildman–Crippen LogP) is 5.00. The second-order valence-electron chi connectivity index (χ2n) is 7.34. The topological polar surface area (TPSA) is 70.7 Å². The number of amides is 2. The number of carbonyl (C=O) groups excluding carboxylic acids is 2. The van der Waals surface area contributed by atoms with Crippen molar-refractivity contribution in [2.24, 2.45) is 0 Å². The van der Waals surface area contributed by atoms with Crippen molar-refractivity contribution in [1.82, 2.24) is 5.32 Å². The fourth-order valence-electron chi connectivity index (χ4n) is 3.53. The molecule has 0 atom stereocenters. The third-order valence-electron chi connectivity index (χ3n) is 5.03. The van der Waals surface area contributed by atoms with E-state index < -0.39 is 0 Å². The van der Waals surface area contributed by atoms with Gasteiger partial charge in [-0.25, -0.2) is 0 Å². The van der Waals surface area contributed by atoms with E-state index in [-0.39, 0.29) is 11.8 Å². The monoisotopic (exact) mass is 463 g/mol. The lowest BCUT2D eigenvalue weighted by atomic mass is 10.1. The Labute approximate surface area is 192 Å². The van der Waals surface area contributed by atoms with Crippen LogP contribution in [0.25, 0.3) is 0 Å². The molecule has 0 aliphatic carbocycles. The van der Waals surface area contributed by atoms with Gasteiger partial charge >= 0.3 is 0 Å². The van der Waals surface area contributed by atoms with E-state index in [2.05, 4.69) is 15.5 Å². The van der Waals surface area contributed by atoms with E-state index in [9.17, 15) is 9.59 Å². The third-order valence-corrected chi connectivity index (χ3v) is 5.46. The van der Waals surface area contributed by atoms with Crippen molar-refractivity contribution >= 4 is 46.4 Å². The Kier molecular flexibility index (Phi) is 8.58. The van der Waals surface area contributed by atoms with Crippen molar-refractivity contribution in [2.45, 2.75) is 26.2 Å². The fraction of sp³-hybridized carbons (Fsp3) is 0.391. The SMILES string of the molecule is CCOCCCNC(=O)c1cc(NC(=O)c2cc(Cl)cc(Cl)c2)ccc1N1CCCC1. The second-order valence-corrected chi connectivity index (χ2v) is 8.22. The van der Waals surface area contributed by atoms with E-state index in [4.69, 9.17) is 27.9 Å². The summed E-state index contributed by atoms with van der Waals surface area (Å²) in [6.07, 6.45) is 2.94. The number of hydrogen-bond acceptors (Lipinski definition) is 4. The minimum absolute atomic E-state index is 0.166. The first-order valence-corrected chi connectivity index (χ1v) is 11.3.